The third-order valence-electron chi connectivity index (χ3n) is 13.7. The summed E-state index contributed by atoms with van der Waals surface area (Å²) in [7, 11) is 0. The molecule has 2 saturated heterocycles. The maximum absolute atomic E-state index is 14.7. The van der Waals surface area contributed by atoms with Crippen LogP contribution in [0.15, 0.2) is 243 Å². The van der Waals surface area contributed by atoms with E-state index in [1.807, 2.05) is 0 Å². The second kappa shape index (κ2) is 28.8. The van der Waals surface area contributed by atoms with E-state index in [1.165, 1.54) is 97.1 Å². The summed E-state index contributed by atoms with van der Waals surface area (Å²) in [5, 5.41) is 0. The van der Waals surface area contributed by atoms with Crippen molar-refractivity contribution >= 4 is 47.8 Å². The quantitative estimate of drug-likeness (QED) is 0.0510. The summed E-state index contributed by atoms with van der Waals surface area (Å²) < 4.78 is 69.7. The molecule has 87 heavy (non-hydrogen) atoms. The SMILES string of the molecule is O=C(OCC1OC(OC(=O)c2ccccc2)C(OC(=O)c2ccccc2)C(OC(=O)c2ccccc2)[C@@H]1O[C@@H]1OC(COC(=O)c2ccccc2)[C@H](OC(=O)c2ccccc2)[C@H](OC(=O)c2ccccc2)C1OC(=O)c1ccccc1)c1ccccc1. The van der Waals surface area contributed by atoms with Gasteiger partial charge in [0.2, 0.25) is 12.4 Å². The van der Waals surface area contributed by atoms with Gasteiger partial charge in [0.05, 0.1) is 44.5 Å². The van der Waals surface area contributed by atoms with Crippen molar-refractivity contribution in [2.75, 3.05) is 13.2 Å². The first-order chi connectivity index (χ1) is 42.5. The Morgan fingerprint density at radius 3 is 0.770 bits per heavy atom. The smallest absolute Gasteiger partial charge is 0.340 e. The third-order valence-corrected chi connectivity index (χ3v) is 13.7. The predicted octanol–water partition coefficient (Wildman–Crippen LogP) is 9.52. The Bertz CT molecular complexity index is 3620. The van der Waals surface area contributed by atoms with Crippen molar-refractivity contribution in [1.82, 2.24) is 0 Å². The van der Waals surface area contributed by atoms with Crippen molar-refractivity contribution in [2.45, 2.75) is 61.4 Å². The molecule has 19 heteroatoms. The zero-order chi connectivity index (χ0) is 60.5. The van der Waals surface area contributed by atoms with E-state index in [9.17, 15) is 38.4 Å². The number of rotatable bonds is 20. The summed E-state index contributed by atoms with van der Waals surface area (Å²) in [6.07, 6.45) is -19.4. The molecular formula is C68H54O19. The normalized spacial score (nSPS) is 21.3. The van der Waals surface area contributed by atoms with Crippen LogP contribution in [0.1, 0.15) is 82.9 Å². The number of hydrogen-bond donors (Lipinski definition) is 0. The van der Waals surface area contributed by atoms with Gasteiger partial charge in [-0.1, -0.05) is 146 Å². The number of hydrogen-bond acceptors (Lipinski definition) is 19. The Morgan fingerprint density at radius 1 is 0.241 bits per heavy atom. The Labute approximate surface area is 498 Å². The van der Waals surface area contributed by atoms with E-state index in [-0.39, 0.29) is 44.5 Å². The van der Waals surface area contributed by atoms with Crippen molar-refractivity contribution < 1.29 is 90.5 Å². The summed E-state index contributed by atoms with van der Waals surface area (Å²) in [5.41, 5.74) is 0.168. The minimum Gasteiger partial charge on any atom is -0.459 e. The second-order valence-electron chi connectivity index (χ2n) is 19.6. The molecule has 0 radical (unpaired) electrons. The number of benzene rings is 8. The zero-order valence-corrected chi connectivity index (χ0v) is 46.0. The molecule has 2 heterocycles. The maximum Gasteiger partial charge on any atom is 0.340 e. The summed E-state index contributed by atoms with van der Waals surface area (Å²) in [6, 6.07) is 61.7. The fourth-order valence-electron chi connectivity index (χ4n) is 9.42. The minimum absolute atomic E-state index is 0.00860. The van der Waals surface area contributed by atoms with Crippen LogP contribution in [0.4, 0.5) is 0 Å². The molecule has 440 valence electrons. The molecule has 0 amide bonds. The molecule has 19 nitrogen and oxygen atoms in total. The number of ether oxygens (including phenoxy) is 11. The van der Waals surface area contributed by atoms with Gasteiger partial charge >= 0.3 is 47.8 Å². The Morgan fingerprint density at radius 2 is 0.460 bits per heavy atom. The average molecular weight is 1180 g/mol. The largest absolute Gasteiger partial charge is 0.459 e. The van der Waals surface area contributed by atoms with Gasteiger partial charge in [0.25, 0.3) is 0 Å². The van der Waals surface area contributed by atoms with Crippen LogP contribution in [0.3, 0.4) is 0 Å². The van der Waals surface area contributed by atoms with E-state index in [2.05, 4.69) is 0 Å². The predicted molar refractivity (Wildman–Crippen MR) is 306 cm³/mol. The van der Waals surface area contributed by atoms with Crippen molar-refractivity contribution in [1.29, 1.82) is 0 Å². The summed E-state index contributed by atoms with van der Waals surface area (Å²) in [6.45, 7) is -1.58. The van der Waals surface area contributed by atoms with E-state index in [0.717, 1.165) is 0 Å². The van der Waals surface area contributed by atoms with Crippen LogP contribution in [0.5, 0.6) is 0 Å². The second-order valence-corrected chi connectivity index (χ2v) is 19.6. The molecule has 8 aromatic carbocycles. The topological polar surface area (TPSA) is 238 Å². The fourth-order valence-corrected chi connectivity index (χ4v) is 9.42. The molecule has 2 aliphatic rings. The van der Waals surface area contributed by atoms with Crippen LogP contribution in [-0.2, 0) is 52.1 Å². The van der Waals surface area contributed by atoms with Crippen molar-refractivity contribution in [3.63, 3.8) is 0 Å². The first kappa shape index (κ1) is 59.6. The summed E-state index contributed by atoms with van der Waals surface area (Å²) in [4.78, 5) is 115. The monoisotopic (exact) mass is 1170 g/mol. The molecule has 0 aliphatic carbocycles. The molecule has 10 atom stereocenters. The Kier molecular flexibility index (Phi) is 19.7. The molecule has 0 N–H and O–H groups in total. The highest BCUT2D eigenvalue weighted by Crippen LogP contribution is 2.37. The Hall–Kier alpha value is -10.6. The summed E-state index contributed by atoms with van der Waals surface area (Å²) >= 11 is 0. The average Bonchev–Trinajstić information content (AvgIpc) is 1.99. The highest BCUT2D eigenvalue weighted by Gasteiger charge is 2.59. The number of esters is 8. The lowest BCUT2D eigenvalue weighted by Gasteiger charge is -2.48. The molecule has 2 fully saturated rings. The zero-order valence-electron chi connectivity index (χ0n) is 46.0. The standard InChI is InChI=1S/C68H54O19/c69-59(43-25-9-1-10-26-43)77-41-51-53(81-61(71)45-29-13-3-14-30-45)55(82-62(72)46-31-15-4-16-32-46)57(84-64(74)48-35-19-6-20-36-48)67(79-51)86-54-52(42-78-60(70)44-27-11-2-12-28-44)80-68(87-66(76)50-39-23-8-24-40-50)58(85-65(75)49-37-21-7-22-38-49)56(54)83-63(73)47-33-17-5-18-34-47/h1-40,51-58,67-68H,41-42H2/t51?,52?,53-,54+,55-,56?,57?,58?,67-,68?/m0/s1. The van der Waals surface area contributed by atoms with Crippen molar-refractivity contribution in [3.05, 3.63) is 287 Å². The van der Waals surface area contributed by atoms with Gasteiger partial charge in [-0.2, -0.15) is 0 Å². The molecule has 6 unspecified atom stereocenters. The van der Waals surface area contributed by atoms with Gasteiger partial charge in [-0.15, -0.1) is 0 Å². The lowest BCUT2D eigenvalue weighted by atomic mass is 9.95. The van der Waals surface area contributed by atoms with E-state index in [0.29, 0.717) is 0 Å². The minimum atomic E-state index is -2.13. The first-order valence-corrected chi connectivity index (χ1v) is 27.4. The van der Waals surface area contributed by atoms with Crippen molar-refractivity contribution in [2.24, 2.45) is 0 Å². The fraction of sp³-hybridized carbons (Fsp3) is 0.176. The van der Waals surface area contributed by atoms with Gasteiger partial charge in [0.15, 0.2) is 30.7 Å². The van der Waals surface area contributed by atoms with Crippen LogP contribution in [-0.4, -0.2) is 122 Å². The summed E-state index contributed by atoms with van der Waals surface area (Å²) in [5.74, 6) is -7.88. The van der Waals surface area contributed by atoms with Crippen LogP contribution in [0, 0.1) is 0 Å². The third kappa shape index (κ3) is 15.2. The van der Waals surface area contributed by atoms with Crippen LogP contribution < -0.4 is 0 Å². The van der Waals surface area contributed by atoms with E-state index < -0.39 is 122 Å². The highest BCUT2D eigenvalue weighted by molar-refractivity contribution is 5.93. The van der Waals surface area contributed by atoms with Gasteiger partial charge in [0.1, 0.15) is 31.5 Å². The van der Waals surface area contributed by atoms with Crippen LogP contribution in [0.25, 0.3) is 0 Å². The first-order valence-electron chi connectivity index (χ1n) is 27.4. The maximum atomic E-state index is 14.7. The lowest BCUT2D eigenvalue weighted by Crippen LogP contribution is -2.67. The number of carbonyl (C=O) groups is 8. The molecule has 8 aromatic rings. The van der Waals surface area contributed by atoms with Crippen molar-refractivity contribution in [3.8, 4) is 0 Å². The van der Waals surface area contributed by atoms with Gasteiger partial charge < -0.3 is 52.1 Å². The molecule has 0 bridgehead atoms. The number of carbonyl (C=O) groups excluding carboxylic acids is 8. The van der Waals surface area contributed by atoms with Gasteiger partial charge in [-0.25, -0.2) is 38.4 Å². The van der Waals surface area contributed by atoms with Gasteiger partial charge in [-0.05, 0) is 97.1 Å². The van der Waals surface area contributed by atoms with Gasteiger partial charge in [-0.3, -0.25) is 0 Å². The van der Waals surface area contributed by atoms with Crippen LogP contribution in [0.2, 0.25) is 0 Å². The Balaban J connectivity index is 1.14. The van der Waals surface area contributed by atoms with E-state index >= 15 is 0 Å². The molecule has 0 aromatic heterocycles. The van der Waals surface area contributed by atoms with E-state index in [1.54, 1.807) is 146 Å². The molecule has 0 spiro atoms. The highest BCUT2D eigenvalue weighted by atomic mass is 16.8. The van der Waals surface area contributed by atoms with Gasteiger partial charge in [0, 0.05) is 0 Å². The molecule has 2 aliphatic heterocycles. The van der Waals surface area contributed by atoms with Crippen LogP contribution >= 0.6 is 0 Å². The molecular weight excluding hydrogens is 1120 g/mol. The van der Waals surface area contributed by atoms with E-state index in [4.69, 9.17) is 52.1 Å². The molecule has 0 saturated carbocycles. The lowest BCUT2D eigenvalue weighted by molar-refractivity contribution is -0.351. The molecule has 10 rings (SSSR count).